The molecule has 6 N–H and O–H groups in total. The van der Waals surface area contributed by atoms with E-state index in [9.17, 15) is 18.3 Å². The van der Waals surface area contributed by atoms with Gasteiger partial charge in [-0.25, -0.2) is 15.1 Å². The number of nitrogens with two attached hydrogens (primary N) is 2. The van der Waals surface area contributed by atoms with Crippen LogP contribution in [0.15, 0.2) is 42.9 Å². The van der Waals surface area contributed by atoms with Crippen molar-refractivity contribution in [1.82, 2.24) is 9.97 Å². The number of nitrogens with zero attached hydrogens (tertiary/aromatic N) is 2. The molecule has 1 fully saturated rings. The first-order chi connectivity index (χ1) is 17.0. The lowest BCUT2D eigenvalue weighted by atomic mass is 10.0. The van der Waals surface area contributed by atoms with Gasteiger partial charge in [-0.15, -0.1) is 11.3 Å². The molecule has 0 bridgehead atoms. The van der Waals surface area contributed by atoms with Crippen LogP contribution in [0.1, 0.15) is 45.2 Å². The van der Waals surface area contributed by atoms with Crippen LogP contribution in [0.4, 0.5) is 5.82 Å². The summed E-state index contributed by atoms with van der Waals surface area (Å²) in [5.74, 6) is -0.513. The highest BCUT2D eigenvalue weighted by Crippen LogP contribution is 2.36. The first kappa shape index (κ1) is 26.9. The predicted molar refractivity (Wildman–Crippen MR) is 137 cm³/mol. The number of hydrogen-bond donors (Lipinski definition) is 4. The monoisotopic (exact) mass is 571 g/mol. The first-order valence-electron chi connectivity index (χ1n) is 10.8. The van der Waals surface area contributed by atoms with E-state index in [0.717, 1.165) is 16.9 Å². The quantitative estimate of drug-likeness (QED) is 0.282. The van der Waals surface area contributed by atoms with Gasteiger partial charge in [-0.05, 0) is 36.6 Å². The van der Waals surface area contributed by atoms with Crippen molar-refractivity contribution in [3.63, 3.8) is 0 Å². The number of aliphatic hydroxyl groups is 1. The van der Waals surface area contributed by atoms with E-state index in [1.165, 1.54) is 12.5 Å². The zero-order valence-corrected chi connectivity index (χ0v) is 21.8. The molecule has 14 heteroatoms. The number of ketones is 1. The topological polar surface area (TPSA) is 171 Å². The molecular weight excluding hydrogens is 549 g/mol. The van der Waals surface area contributed by atoms with Gasteiger partial charge in [-0.2, -0.15) is 8.42 Å². The summed E-state index contributed by atoms with van der Waals surface area (Å²) >= 11 is 13.6. The second-order valence-corrected chi connectivity index (χ2v) is 11.7. The van der Waals surface area contributed by atoms with Gasteiger partial charge in [0.05, 0.1) is 33.5 Å². The Bertz CT molecular complexity index is 1370. The van der Waals surface area contributed by atoms with Crippen molar-refractivity contribution in [2.24, 2.45) is 16.8 Å². The van der Waals surface area contributed by atoms with Crippen LogP contribution >= 0.6 is 34.5 Å². The summed E-state index contributed by atoms with van der Waals surface area (Å²) in [4.78, 5) is 21.9. The highest BCUT2D eigenvalue weighted by molar-refractivity contribution is 7.84. The fourth-order valence-electron chi connectivity index (χ4n) is 4.11. The number of aliphatic hydroxyl groups excluding tert-OH is 1. The lowest BCUT2D eigenvalue weighted by Crippen LogP contribution is -2.24. The standard InChI is InChI=1S/C22H23Cl2N5O5S2/c23-13-3-1-2-11(4-13)19(25)15-7-18(35-21(15)24)20(31)16-8-27-10-28-22(16)29-14-5-12(17(30)6-14)9-34-36(26,32)33/h1-4,7-8,10,12,14,17,19,30H,5-6,9,25H2,(H2,26,32,33)(H,27,28,29)/t12-,14-,17+,19+/m1/s1. The number of benzene rings is 1. The zero-order chi connectivity index (χ0) is 26.0. The Morgan fingerprint density at radius 2 is 2.08 bits per heavy atom. The maximum atomic E-state index is 13.4. The molecule has 0 amide bonds. The third kappa shape index (κ3) is 6.39. The van der Waals surface area contributed by atoms with Crippen LogP contribution in [0.5, 0.6) is 0 Å². The lowest BCUT2D eigenvalue weighted by molar-refractivity contribution is 0.101. The molecule has 3 aromatic rings. The first-order valence-corrected chi connectivity index (χ1v) is 13.8. The smallest absolute Gasteiger partial charge is 0.333 e. The lowest BCUT2D eigenvalue weighted by Gasteiger charge is -2.15. The van der Waals surface area contributed by atoms with Gasteiger partial charge in [-0.1, -0.05) is 35.3 Å². The van der Waals surface area contributed by atoms with E-state index in [4.69, 9.17) is 34.1 Å². The molecule has 2 aromatic heterocycles. The minimum Gasteiger partial charge on any atom is -0.393 e. The number of carbonyl (C=O) groups is 1. The van der Waals surface area contributed by atoms with Crippen molar-refractivity contribution in [2.45, 2.75) is 31.0 Å². The van der Waals surface area contributed by atoms with Crippen molar-refractivity contribution >= 4 is 56.4 Å². The van der Waals surface area contributed by atoms with E-state index in [-0.39, 0.29) is 29.8 Å². The number of aromatic nitrogens is 2. The zero-order valence-electron chi connectivity index (χ0n) is 18.7. The summed E-state index contributed by atoms with van der Waals surface area (Å²) < 4.78 is 27.1. The van der Waals surface area contributed by atoms with Gasteiger partial charge in [0.2, 0.25) is 5.78 Å². The minimum atomic E-state index is -4.11. The average molecular weight is 572 g/mol. The van der Waals surface area contributed by atoms with E-state index < -0.39 is 28.4 Å². The molecule has 4 rings (SSSR count). The van der Waals surface area contributed by atoms with Crippen molar-refractivity contribution in [3.8, 4) is 0 Å². The molecule has 4 atom stereocenters. The second-order valence-electron chi connectivity index (χ2n) is 8.40. The largest absolute Gasteiger partial charge is 0.393 e. The molecule has 1 aromatic carbocycles. The number of hydrogen-bond acceptors (Lipinski definition) is 10. The van der Waals surface area contributed by atoms with E-state index in [2.05, 4.69) is 19.5 Å². The number of anilines is 1. The summed E-state index contributed by atoms with van der Waals surface area (Å²) in [7, 11) is -4.11. The minimum absolute atomic E-state index is 0.219. The molecule has 0 unspecified atom stereocenters. The van der Waals surface area contributed by atoms with Gasteiger partial charge in [0.15, 0.2) is 0 Å². The maximum absolute atomic E-state index is 13.4. The Morgan fingerprint density at radius 1 is 1.31 bits per heavy atom. The maximum Gasteiger partial charge on any atom is 0.333 e. The highest BCUT2D eigenvalue weighted by Gasteiger charge is 2.35. The Kier molecular flexibility index (Phi) is 8.27. The fourth-order valence-corrected chi connectivity index (χ4v) is 5.98. The summed E-state index contributed by atoms with van der Waals surface area (Å²) in [6.07, 6.45) is 2.58. The number of carbonyl (C=O) groups excluding carboxylic acids is 1. The Hall–Kier alpha value is -2.16. The molecule has 1 aliphatic carbocycles. The third-order valence-electron chi connectivity index (χ3n) is 5.88. The number of nitrogens with one attached hydrogen (secondary N) is 1. The number of rotatable bonds is 9. The van der Waals surface area contributed by atoms with Crippen molar-refractivity contribution in [1.29, 1.82) is 0 Å². The Balaban J connectivity index is 1.51. The van der Waals surface area contributed by atoms with Gasteiger partial charge in [0, 0.05) is 28.7 Å². The molecular formula is C22H23Cl2N5O5S2. The van der Waals surface area contributed by atoms with E-state index in [1.807, 2.05) is 6.07 Å². The summed E-state index contributed by atoms with van der Waals surface area (Å²) in [6.45, 7) is -0.239. The van der Waals surface area contributed by atoms with E-state index in [1.54, 1.807) is 24.3 Å². The van der Waals surface area contributed by atoms with Crippen LogP contribution in [0.25, 0.3) is 0 Å². The van der Waals surface area contributed by atoms with E-state index >= 15 is 0 Å². The van der Waals surface area contributed by atoms with Gasteiger partial charge >= 0.3 is 10.3 Å². The van der Waals surface area contributed by atoms with Crippen molar-refractivity contribution < 1.29 is 22.5 Å². The molecule has 192 valence electrons. The van der Waals surface area contributed by atoms with Crippen LogP contribution in [0.3, 0.4) is 0 Å². The Labute approximate surface area is 221 Å². The SMILES string of the molecule is N[C@@H](c1cccc(Cl)c1)c1cc(C(=O)c2cncnc2N[C@@H]2C[C@H](COS(N)(=O)=O)[C@@H](O)C2)sc1Cl. The summed E-state index contributed by atoms with van der Waals surface area (Å²) in [5.41, 5.74) is 7.96. The highest BCUT2D eigenvalue weighted by atomic mass is 35.5. The average Bonchev–Trinajstić information content (AvgIpc) is 3.38. The third-order valence-corrected chi connectivity index (χ3v) is 7.97. The molecule has 2 heterocycles. The second kappa shape index (κ2) is 11.1. The van der Waals surface area contributed by atoms with Crippen LogP contribution in [0, 0.1) is 5.92 Å². The molecule has 36 heavy (non-hydrogen) atoms. The summed E-state index contributed by atoms with van der Waals surface area (Å²) in [6, 6.07) is 7.89. The molecule has 0 radical (unpaired) electrons. The van der Waals surface area contributed by atoms with Crippen LogP contribution in [-0.4, -0.2) is 48.0 Å². The number of halogens is 2. The normalized spacial score (nSPS) is 20.9. The Morgan fingerprint density at radius 3 is 2.81 bits per heavy atom. The summed E-state index contributed by atoms with van der Waals surface area (Å²) in [5, 5.41) is 18.9. The number of thiophene rings is 1. The van der Waals surface area contributed by atoms with Crippen molar-refractivity contribution in [2.75, 3.05) is 11.9 Å². The molecule has 1 saturated carbocycles. The van der Waals surface area contributed by atoms with Gasteiger partial charge in [-0.3, -0.25) is 8.98 Å². The van der Waals surface area contributed by atoms with Crippen LogP contribution < -0.4 is 16.2 Å². The molecule has 0 aliphatic heterocycles. The van der Waals surface area contributed by atoms with Gasteiger partial charge in [0.1, 0.15) is 12.1 Å². The van der Waals surface area contributed by atoms with E-state index in [0.29, 0.717) is 32.6 Å². The van der Waals surface area contributed by atoms with Gasteiger partial charge < -0.3 is 16.2 Å². The van der Waals surface area contributed by atoms with Crippen LogP contribution in [0.2, 0.25) is 9.36 Å². The van der Waals surface area contributed by atoms with Crippen molar-refractivity contribution in [3.05, 3.63) is 73.8 Å². The predicted octanol–water partition coefficient (Wildman–Crippen LogP) is 2.90. The molecule has 1 aliphatic rings. The molecule has 0 saturated heterocycles. The van der Waals surface area contributed by atoms with Gasteiger partial charge in [0.25, 0.3) is 0 Å². The fraction of sp³-hybridized carbons (Fsp3) is 0.318. The molecule has 10 nitrogen and oxygen atoms in total. The molecule has 0 spiro atoms. The van der Waals surface area contributed by atoms with Crippen LogP contribution in [-0.2, 0) is 14.5 Å².